The molecule has 0 aliphatic carbocycles. The summed E-state index contributed by atoms with van der Waals surface area (Å²) < 4.78 is 1.86. The first kappa shape index (κ1) is 18.8. The predicted octanol–water partition coefficient (Wildman–Crippen LogP) is 4.23. The molecule has 1 aliphatic rings. The number of benzene rings is 1. The van der Waals surface area contributed by atoms with Crippen LogP contribution < -0.4 is 10.6 Å². The number of anilines is 1. The molecule has 0 bridgehead atoms. The molecule has 4 rings (SSSR count). The van der Waals surface area contributed by atoms with Gasteiger partial charge in [-0.25, -0.2) is 9.67 Å². The zero-order valence-electron chi connectivity index (χ0n) is 16.4. The summed E-state index contributed by atoms with van der Waals surface area (Å²) in [5.74, 6) is 1.00. The fourth-order valence-corrected chi connectivity index (χ4v) is 4.57. The molecule has 3 aromatic rings. The largest absolute Gasteiger partial charge is 0.316 e. The number of hydrogen-bond acceptors (Lipinski definition) is 5. The molecule has 1 amide bonds. The van der Waals surface area contributed by atoms with Gasteiger partial charge in [0, 0.05) is 30.1 Å². The smallest absolute Gasteiger partial charge is 0.268 e. The monoisotopic (exact) mass is 395 g/mol. The van der Waals surface area contributed by atoms with Gasteiger partial charge in [-0.3, -0.25) is 4.79 Å². The van der Waals surface area contributed by atoms with E-state index in [4.69, 9.17) is 5.10 Å². The summed E-state index contributed by atoms with van der Waals surface area (Å²) >= 11 is 1.51. The Balaban J connectivity index is 1.60. The average Bonchev–Trinajstić information content (AvgIpc) is 3.41. The van der Waals surface area contributed by atoms with Crippen LogP contribution in [0.4, 0.5) is 5.82 Å². The van der Waals surface area contributed by atoms with Crippen molar-refractivity contribution in [2.45, 2.75) is 39.2 Å². The lowest BCUT2D eigenvalue weighted by Crippen LogP contribution is -2.16. The third kappa shape index (κ3) is 3.72. The Kier molecular flexibility index (Phi) is 5.28. The molecule has 0 saturated carbocycles. The second-order valence-electron chi connectivity index (χ2n) is 7.43. The Hall–Kier alpha value is -2.51. The van der Waals surface area contributed by atoms with Gasteiger partial charge in [-0.05, 0) is 33.7 Å². The summed E-state index contributed by atoms with van der Waals surface area (Å²) in [6.45, 7) is 7.98. The lowest BCUT2D eigenvalue weighted by atomic mass is 10.1. The minimum Gasteiger partial charge on any atom is -0.316 e. The van der Waals surface area contributed by atoms with Gasteiger partial charge in [0.15, 0.2) is 0 Å². The minimum atomic E-state index is -0.117. The average molecular weight is 396 g/mol. The number of nitrogens with zero attached hydrogens (tertiary/aromatic N) is 3. The van der Waals surface area contributed by atoms with E-state index in [-0.39, 0.29) is 11.9 Å². The van der Waals surface area contributed by atoms with Gasteiger partial charge in [0.05, 0.1) is 16.4 Å². The SMILES string of the molecule is Cc1nc(C2CCNC2)sc1C(=O)Nc1cc(-c2ccccc2)nn1C(C)C. The van der Waals surface area contributed by atoms with Crippen molar-refractivity contribution in [1.29, 1.82) is 0 Å². The second-order valence-corrected chi connectivity index (χ2v) is 8.46. The van der Waals surface area contributed by atoms with E-state index >= 15 is 0 Å². The van der Waals surface area contributed by atoms with Crippen LogP contribution in [-0.2, 0) is 0 Å². The third-order valence-electron chi connectivity index (χ3n) is 4.96. The van der Waals surface area contributed by atoms with Gasteiger partial charge in [-0.15, -0.1) is 11.3 Å². The summed E-state index contributed by atoms with van der Waals surface area (Å²) in [7, 11) is 0. The Bertz CT molecular complexity index is 970. The number of thiazole rings is 1. The normalized spacial score (nSPS) is 16.6. The van der Waals surface area contributed by atoms with Crippen LogP contribution in [0.15, 0.2) is 36.4 Å². The van der Waals surface area contributed by atoms with Crippen molar-refractivity contribution >= 4 is 23.1 Å². The molecule has 1 fully saturated rings. The number of carbonyl (C=O) groups is 1. The topological polar surface area (TPSA) is 71.8 Å². The molecule has 1 saturated heterocycles. The number of carbonyl (C=O) groups excluding carboxylic acids is 1. The summed E-state index contributed by atoms with van der Waals surface area (Å²) in [5, 5.41) is 12.2. The highest BCUT2D eigenvalue weighted by Crippen LogP contribution is 2.30. The molecule has 1 atom stereocenters. The van der Waals surface area contributed by atoms with E-state index in [2.05, 4.69) is 29.5 Å². The van der Waals surface area contributed by atoms with Crippen LogP contribution >= 0.6 is 11.3 Å². The Morgan fingerprint density at radius 3 is 2.79 bits per heavy atom. The molecular weight excluding hydrogens is 370 g/mol. The van der Waals surface area contributed by atoms with Gasteiger partial charge < -0.3 is 10.6 Å². The number of rotatable bonds is 5. The molecular formula is C21H25N5OS. The van der Waals surface area contributed by atoms with E-state index in [0.29, 0.717) is 16.6 Å². The first-order chi connectivity index (χ1) is 13.5. The maximum Gasteiger partial charge on any atom is 0.268 e. The van der Waals surface area contributed by atoms with Gasteiger partial charge in [0.25, 0.3) is 5.91 Å². The number of amides is 1. The van der Waals surface area contributed by atoms with Crippen LogP contribution in [-0.4, -0.2) is 33.8 Å². The van der Waals surface area contributed by atoms with Crippen LogP contribution in [0.2, 0.25) is 0 Å². The molecule has 1 aliphatic heterocycles. The molecule has 7 heteroatoms. The molecule has 2 aromatic heterocycles. The quantitative estimate of drug-likeness (QED) is 0.678. The third-order valence-corrected chi connectivity index (χ3v) is 6.28. The predicted molar refractivity (Wildman–Crippen MR) is 113 cm³/mol. The van der Waals surface area contributed by atoms with Crippen LogP contribution in [0.3, 0.4) is 0 Å². The first-order valence-corrected chi connectivity index (χ1v) is 10.5. The van der Waals surface area contributed by atoms with Crippen molar-refractivity contribution in [3.05, 3.63) is 52.0 Å². The van der Waals surface area contributed by atoms with E-state index < -0.39 is 0 Å². The number of hydrogen-bond donors (Lipinski definition) is 2. The standard InChI is InChI=1S/C21H25N5OS/c1-13(2)26-18(11-17(25-26)15-7-5-4-6-8-15)24-20(27)19-14(3)23-21(28-19)16-9-10-22-12-16/h4-8,11,13,16,22H,9-10,12H2,1-3H3,(H,24,27). The first-order valence-electron chi connectivity index (χ1n) is 9.67. The molecule has 6 nitrogen and oxygen atoms in total. The van der Waals surface area contributed by atoms with Crippen molar-refractivity contribution < 1.29 is 4.79 Å². The van der Waals surface area contributed by atoms with Crippen molar-refractivity contribution in [3.8, 4) is 11.3 Å². The second kappa shape index (κ2) is 7.85. The Labute approximate surface area is 169 Å². The van der Waals surface area contributed by atoms with Gasteiger partial charge in [-0.1, -0.05) is 30.3 Å². The van der Waals surface area contributed by atoms with Crippen LogP contribution in [0.1, 0.15) is 52.6 Å². The maximum absolute atomic E-state index is 13.0. The summed E-state index contributed by atoms with van der Waals surface area (Å²) in [4.78, 5) is 18.3. The van der Waals surface area contributed by atoms with E-state index in [0.717, 1.165) is 41.5 Å². The van der Waals surface area contributed by atoms with Gasteiger partial charge in [0.1, 0.15) is 10.7 Å². The van der Waals surface area contributed by atoms with Gasteiger partial charge >= 0.3 is 0 Å². The number of aromatic nitrogens is 3. The molecule has 3 heterocycles. The zero-order chi connectivity index (χ0) is 19.7. The highest BCUT2D eigenvalue weighted by molar-refractivity contribution is 7.14. The van der Waals surface area contributed by atoms with Crippen molar-refractivity contribution in [2.24, 2.45) is 0 Å². The molecule has 1 aromatic carbocycles. The summed E-state index contributed by atoms with van der Waals surface area (Å²) in [5.41, 5.74) is 2.68. The van der Waals surface area contributed by atoms with Crippen molar-refractivity contribution in [2.75, 3.05) is 18.4 Å². The van der Waals surface area contributed by atoms with Crippen LogP contribution in [0, 0.1) is 6.92 Å². The number of nitrogens with one attached hydrogen (secondary N) is 2. The van der Waals surface area contributed by atoms with Gasteiger partial charge in [-0.2, -0.15) is 5.10 Å². The van der Waals surface area contributed by atoms with E-state index in [1.807, 2.05) is 48.0 Å². The molecule has 146 valence electrons. The van der Waals surface area contributed by atoms with E-state index in [9.17, 15) is 4.79 Å². The lowest BCUT2D eigenvalue weighted by molar-refractivity contribution is 0.102. The Morgan fingerprint density at radius 1 is 1.32 bits per heavy atom. The van der Waals surface area contributed by atoms with E-state index in [1.165, 1.54) is 11.3 Å². The fraction of sp³-hybridized carbons (Fsp3) is 0.381. The fourth-order valence-electron chi connectivity index (χ4n) is 3.47. The zero-order valence-corrected chi connectivity index (χ0v) is 17.2. The molecule has 1 unspecified atom stereocenters. The molecule has 0 radical (unpaired) electrons. The molecule has 28 heavy (non-hydrogen) atoms. The summed E-state index contributed by atoms with van der Waals surface area (Å²) in [6, 6.07) is 12.1. The lowest BCUT2D eigenvalue weighted by Gasteiger charge is -2.11. The number of aryl methyl sites for hydroxylation is 1. The highest BCUT2D eigenvalue weighted by atomic mass is 32.1. The highest BCUT2D eigenvalue weighted by Gasteiger charge is 2.24. The van der Waals surface area contributed by atoms with Crippen molar-refractivity contribution in [1.82, 2.24) is 20.1 Å². The maximum atomic E-state index is 13.0. The van der Waals surface area contributed by atoms with Crippen molar-refractivity contribution in [3.63, 3.8) is 0 Å². The van der Waals surface area contributed by atoms with E-state index in [1.54, 1.807) is 0 Å². The molecule has 0 spiro atoms. The Morgan fingerprint density at radius 2 is 2.11 bits per heavy atom. The van der Waals surface area contributed by atoms with Gasteiger partial charge in [0.2, 0.25) is 0 Å². The van der Waals surface area contributed by atoms with Crippen LogP contribution in [0.5, 0.6) is 0 Å². The van der Waals surface area contributed by atoms with Crippen LogP contribution in [0.25, 0.3) is 11.3 Å². The summed E-state index contributed by atoms with van der Waals surface area (Å²) in [6.07, 6.45) is 1.08. The molecule has 2 N–H and O–H groups in total. The minimum absolute atomic E-state index is 0.117.